The van der Waals surface area contributed by atoms with Gasteiger partial charge in [-0.2, -0.15) is 0 Å². The number of hydrogen-bond acceptors (Lipinski definition) is 8. The molecule has 0 unspecified atom stereocenters. The van der Waals surface area contributed by atoms with Gasteiger partial charge in [-0.25, -0.2) is 4.79 Å². The molecule has 1 amide bonds. The Morgan fingerprint density at radius 2 is 1.83 bits per heavy atom. The van der Waals surface area contributed by atoms with Gasteiger partial charge in [0.1, 0.15) is 13.2 Å². The monoisotopic (exact) mass is 491 g/mol. The second kappa shape index (κ2) is 11.2. The van der Waals surface area contributed by atoms with Crippen LogP contribution in [0.15, 0.2) is 73.1 Å². The zero-order chi connectivity index (χ0) is 24.6. The summed E-state index contributed by atoms with van der Waals surface area (Å²) in [5.41, 5.74) is 2.71. The smallest absolute Gasteiger partial charge is 0.338 e. The molecule has 0 aliphatic carbocycles. The van der Waals surface area contributed by atoms with E-state index < -0.39 is 11.1 Å². The summed E-state index contributed by atoms with van der Waals surface area (Å²) >= 11 is 1.48. The van der Waals surface area contributed by atoms with Crippen LogP contribution in [-0.4, -0.2) is 28.6 Å². The van der Waals surface area contributed by atoms with Crippen LogP contribution < -0.4 is 5.32 Å². The van der Waals surface area contributed by atoms with Crippen molar-refractivity contribution in [2.24, 2.45) is 0 Å². The maximum Gasteiger partial charge on any atom is 0.338 e. The Morgan fingerprint density at radius 1 is 1.03 bits per heavy atom. The first-order valence-corrected chi connectivity index (χ1v) is 11.5. The molecule has 2 heterocycles. The van der Waals surface area contributed by atoms with E-state index in [-0.39, 0.29) is 25.5 Å². The Hall–Kier alpha value is -4.31. The van der Waals surface area contributed by atoms with Crippen LogP contribution in [0.2, 0.25) is 0 Å². The number of nitrogens with one attached hydrogen (secondary N) is 1. The zero-order valence-corrected chi connectivity index (χ0v) is 19.3. The molecule has 0 aliphatic heterocycles. The number of aromatic nitrogens is 1. The van der Waals surface area contributed by atoms with Crippen molar-refractivity contribution >= 4 is 38.3 Å². The van der Waals surface area contributed by atoms with E-state index in [4.69, 9.17) is 4.74 Å². The minimum atomic E-state index is -0.848. The SMILES string of the molecule is O=C(Cc1ccc(COC(=O)c2cccc(CCO[N+](=O)[O-])c2)cc1)Nc1cc2ccncc2s1. The van der Waals surface area contributed by atoms with Crippen molar-refractivity contribution < 1.29 is 24.3 Å². The van der Waals surface area contributed by atoms with Crippen molar-refractivity contribution in [3.05, 3.63) is 105 Å². The maximum absolute atomic E-state index is 12.4. The van der Waals surface area contributed by atoms with Gasteiger partial charge >= 0.3 is 5.97 Å². The van der Waals surface area contributed by atoms with Crippen LogP contribution in [0.1, 0.15) is 27.0 Å². The number of nitrogens with zero attached hydrogens (tertiary/aromatic N) is 2. The Labute approximate surface area is 204 Å². The second-order valence-electron chi connectivity index (χ2n) is 7.65. The second-order valence-corrected chi connectivity index (χ2v) is 8.73. The van der Waals surface area contributed by atoms with Crippen LogP contribution in [0, 0.1) is 10.1 Å². The third kappa shape index (κ3) is 6.84. The minimum absolute atomic E-state index is 0.0792. The summed E-state index contributed by atoms with van der Waals surface area (Å²) in [5.74, 6) is -0.615. The molecule has 0 aliphatic rings. The van der Waals surface area contributed by atoms with Crippen LogP contribution in [0.5, 0.6) is 0 Å². The lowest BCUT2D eigenvalue weighted by molar-refractivity contribution is -0.757. The van der Waals surface area contributed by atoms with Crippen molar-refractivity contribution in [1.82, 2.24) is 4.98 Å². The molecule has 2 aromatic carbocycles. The fourth-order valence-electron chi connectivity index (χ4n) is 3.39. The lowest BCUT2D eigenvalue weighted by Crippen LogP contribution is -2.13. The Morgan fingerprint density at radius 3 is 2.60 bits per heavy atom. The molecule has 9 nitrogen and oxygen atoms in total. The van der Waals surface area contributed by atoms with Crippen LogP contribution in [0.4, 0.5) is 5.00 Å². The summed E-state index contributed by atoms with van der Waals surface area (Å²) in [7, 11) is 0. The fraction of sp³-hybridized carbons (Fsp3) is 0.160. The molecule has 0 atom stereocenters. The molecule has 4 rings (SSSR count). The Kier molecular flexibility index (Phi) is 7.63. The summed E-state index contributed by atoms with van der Waals surface area (Å²) in [5, 5.41) is 14.1. The van der Waals surface area contributed by atoms with Gasteiger partial charge in [-0.3, -0.25) is 9.78 Å². The molecule has 0 fully saturated rings. The lowest BCUT2D eigenvalue weighted by atomic mass is 10.1. The highest BCUT2D eigenvalue weighted by Crippen LogP contribution is 2.28. The van der Waals surface area contributed by atoms with Crippen LogP contribution >= 0.6 is 11.3 Å². The molecule has 0 spiro atoms. The van der Waals surface area contributed by atoms with Crippen LogP contribution in [0.3, 0.4) is 0 Å². The molecule has 178 valence electrons. The summed E-state index contributed by atoms with van der Waals surface area (Å²) in [6.07, 6.45) is 4.01. The maximum atomic E-state index is 12.4. The van der Waals surface area contributed by atoms with Gasteiger partial charge in [0, 0.05) is 12.4 Å². The van der Waals surface area contributed by atoms with Gasteiger partial charge in [0.25, 0.3) is 5.09 Å². The molecule has 0 saturated carbocycles. The molecule has 1 N–H and O–H groups in total. The fourth-order valence-corrected chi connectivity index (χ4v) is 4.34. The van der Waals surface area contributed by atoms with E-state index in [0.717, 1.165) is 31.8 Å². The van der Waals surface area contributed by atoms with E-state index in [9.17, 15) is 19.7 Å². The molecule has 0 saturated heterocycles. The number of pyridine rings is 1. The highest BCUT2D eigenvalue weighted by atomic mass is 32.1. The Balaban J connectivity index is 1.26. The van der Waals surface area contributed by atoms with Gasteiger partial charge in [-0.05, 0) is 52.8 Å². The third-order valence-electron chi connectivity index (χ3n) is 5.09. The van der Waals surface area contributed by atoms with Crippen LogP contribution in [0.25, 0.3) is 10.1 Å². The summed E-state index contributed by atoms with van der Waals surface area (Å²) in [6, 6.07) is 17.8. The molecule has 0 bridgehead atoms. The molecular weight excluding hydrogens is 470 g/mol. The van der Waals surface area contributed by atoms with E-state index in [1.165, 1.54) is 11.3 Å². The molecule has 0 radical (unpaired) electrons. The van der Waals surface area contributed by atoms with E-state index in [0.29, 0.717) is 12.0 Å². The third-order valence-corrected chi connectivity index (χ3v) is 6.09. The number of thiophene rings is 1. The first-order valence-electron chi connectivity index (χ1n) is 10.7. The number of anilines is 1. The summed E-state index contributed by atoms with van der Waals surface area (Å²) in [6.45, 7) is -0.00671. The number of fused-ring (bicyclic) bond motifs is 1. The van der Waals surface area contributed by atoms with Gasteiger partial charge in [0.2, 0.25) is 5.91 Å². The van der Waals surface area contributed by atoms with E-state index in [1.807, 2.05) is 36.4 Å². The number of carbonyl (C=O) groups excluding carboxylic acids is 2. The topological polar surface area (TPSA) is 121 Å². The highest BCUT2D eigenvalue weighted by Gasteiger charge is 2.10. The van der Waals surface area contributed by atoms with Crippen molar-refractivity contribution in [3.63, 3.8) is 0 Å². The number of carbonyl (C=O) groups is 2. The standard InChI is InChI=1S/C25H21N3O6S/c29-23(27-24-14-20-8-10-26-15-22(20)35-24)13-18-4-6-19(7-5-18)16-33-25(30)21-3-1-2-17(12-21)9-11-34-28(31)32/h1-8,10,12,14-15H,9,11,13,16H2,(H,27,29). The quantitative estimate of drug-likeness (QED) is 0.196. The van der Waals surface area contributed by atoms with E-state index in [2.05, 4.69) is 15.1 Å². The number of hydrogen-bond donors (Lipinski definition) is 1. The van der Waals surface area contributed by atoms with Gasteiger partial charge in [0.05, 0.1) is 21.7 Å². The normalized spacial score (nSPS) is 10.6. The minimum Gasteiger partial charge on any atom is -0.457 e. The largest absolute Gasteiger partial charge is 0.457 e. The molecule has 35 heavy (non-hydrogen) atoms. The number of amides is 1. The molecule has 2 aromatic heterocycles. The molecule has 4 aromatic rings. The van der Waals surface area contributed by atoms with Gasteiger partial charge in [-0.1, -0.05) is 36.4 Å². The predicted molar refractivity (Wildman–Crippen MR) is 131 cm³/mol. The first-order chi connectivity index (χ1) is 17.0. The lowest BCUT2D eigenvalue weighted by Gasteiger charge is -2.08. The summed E-state index contributed by atoms with van der Waals surface area (Å²) in [4.78, 5) is 43.4. The van der Waals surface area contributed by atoms with E-state index in [1.54, 1.807) is 36.7 Å². The van der Waals surface area contributed by atoms with Crippen molar-refractivity contribution in [3.8, 4) is 0 Å². The average molecular weight is 492 g/mol. The number of benzene rings is 2. The zero-order valence-electron chi connectivity index (χ0n) is 18.5. The average Bonchev–Trinajstić information content (AvgIpc) is 3.25. The number of rotatable bonds is 10. The van der Waals surface area contributed by atoms with Crippen molar-refractivity contribution in [2.75, 3.05) is 11.9 Å². The number of ether oxygens (including phenoxy) is 1. The highest BCUT2D eigenvalue weighted by molar-refractivity contribution is 7.22. The molecular formula is C25H21N3O6S. The predicted octanol–water partition coefficient (Wildman–Crippen LogP) is 4.59. The van der Waals surface area contributed by atoms with Crippen molar-refractivity contribution in [2.45, 2.75) is 19.4 Å². The summed E-state index contributed by atoms with van der Waals surface area (Å²) < 4.78 is 6.39. The van der Waals surface area contributed by atoms with Gasteiger partial charge in [0.15, 0.2) is 0 Å². The first kappa shape index (κ1) is 23.8. The Bertz CT molecular complexity index is 1320. The van der Waals surface area contributed by atoms with Crippen molar-refractivity contribution in [1.29, 1.82) is 0 Å². The van der Waals surface area contributed by atoms with Gasteiger partial charge < -0.3 is 14.9 Å². The van der Waals surface area contributed by atoms with Gasteiger partial charge in [-0.15, -0.1) is 21.5 Å². The number of esters is 1. The van der Waals surface area contributed by atoms with Crippen LogP contribution in [-0.2, 0) is 33.8 Å². The molecule has 10 heteroatoms. The van der Waals surface area contributed by atoms with E-state index >= 15 is 0 Å².